The lowest BCUT2D eigenvalue weighted by Crippen LogP contribution is -2.40. The molecule has 1 fully saturated rings. The van der Waals surface area contributed by atoms with Crippen LogP contribution < -0.4 is 5.43 Å². The minimum atomic E-state index is -2.97. The second-order valence-electron chi connectivity index (χ2n) is 4.07. The minimum Gasteiger partial charge on any atom is -0.254 e. The van der Waals surface area contributed by atoms with Crippen LogP contribution in [-0.4, -0.2) is 43.1 Å². The smallest absolute Gasteiger partial charge is 0.158 e. The quantitative estimate of drug-likeness (QED) is 0.748. The summed E-state index contributed by atoms with van der Waals surface area (Å²) in [5.74, 6) is 0. The van der Waals surface area contributed by atoms with Gasteiger partial charge in [-0.1, -0.05) is 6.92 Å². The molecule has 14 heavy (non-hydrogen) atoms. The second-order valence-corrected chi connectivity index (χ2v) is 6.79. The lowest BCUT2D eigenvalue weighted by Gasteiger charge is -2.22. The molecule has 1 aliphatic rings. The van der Waals surface area contributed by atoms with Crippen LogP contribution in [0.2, 0.25) is 0 Å². The molecule has 5 heteroatoms. The number of hydrogen-bond donors (Lipinski definition) is 1. The molecule has 1 N–H and O–H groups in total. The maximum atomic E-state index is 11.9. The zero-order valence-corrected chi connectivity index (χ0v) is 10.1. The van der Waals surface area contributed by atoms with Gasteiger partial charge in [-0.05, 0) is 20.8 Å². The average molecular weight is 220 g/mol. The normalized spacial score (nSPS) is 30.1. The van der Waals surface area contributed by atoms with Gasteiger partial charge in [-0.25, -0.2) is 13.4 Å². The Hall–Kier alpha value is -0.130. The molecule has 0 bridgehead atoms. The maximum absolute atomic E-state index is 11.9. The Morgan fingerprint density at radius 3 is 2.43 bits per heavy atom. The Kier molecular flexibility index (Phi) is 3.55. The molecule has 1 aliphatic heterocycles. The fourth-order valence-electron chi connectivity index (χ4n) is 1.86. The number of nitrogens with one attached hydrogen (secondary N) is 1. The van der Waals surface area contributed by atoms with Crippen molar-refractivity contribution in [3.05, 3.63) is 0 Å². The van der Waals surface area contributed by atoms with E-state index < -0.39 is 9.84 Å². The summed E-state index contributed by atoms with van der Waals surface area (Å²) in [5, 5.41) is 1.45. The van der Waals surface area contributed by atoms with E-state index in [4.69, 9.17) is 0 Å². The summed E-state index contributed by atoms with van der Waals surface area (Å²) in [6.45, 7) is 8.87. The third-order valence-electron chi connectivity index (χ3n) is 2.94. The zero-order valence-electron chi connectivity index (χ0n) is 9.32. The van der Waals surface area contributed by atoms with Crippen LogP contribution >= 0.6 is 0 Å². The van der Waals surface area contributed by atoms with Gasteiger partial charge in [0.05, 0.1) is 10.5 Å². The van der Waals surface area contributed by atoms with Gasteiger partial charge in [0, 0.05) is 19.1 Å². The van der Waals surface area contributed by atoms with E-state index in [1.54, 1.807) is 13.8 Å². The van der Waals surface area contributed by atoms with Crippen molar-refractivity contribution in [3.8, 4) is 0 Å². The number of hydrazine groups is 1. The van der Waals surface area contributed by atoms with Crippen molar-refractivity contribution < 1.29 is 8.42 Å². The number of nitrogens with zero attached hydrogens (tertiary/aromatic N) is 1. The Labute approximate surface area is 86.6 Å². The molecule has 84 valence electrons. The lowest BCUT2D eigenvalue weighted by atomic mass is 10.2. The van der Waals surface area contributed by atoms with Gasteiger partial charge >= 0.3 is 0 Å². The molecule has 0 amide bonds. The largest absolute Gasteiger partial charge is 0.254 e. The molecule has 1 rings (SSSR count). The first kappa shape index (κ1) is 11.9. The topological polar surface area (TPSA) is 49.4 Å². The maximum Gasteiger partial charge on any atom is 0.158 e. The highest BCUT2D eigenvalue weighted by Crippen LogP contribution is 2.20. The lowest BCUT2D eigenvalue weighted by molar-refractivity contribution is 0.210. The first-order valence-corrected chi connectivity index (χ1v) is 6.75. The molecular weight excluding hydrogens is 200 g/mol. The summed E-state index contributed by atoms with van der Waals surface area (Å²) >= 11 is 0. The van der Waals surface area contributed by atoms with Gasteiger partial charge in [-0.15, -0.1) is 0 Å². The summed E-state index contributed by atoms with van der Waals surface area (Å²) < 4.78 is 23.9. The van der Waals surface area contributed by atoms with Gasteiger partial charge in [-0.3, -0.25) is 5.43 Å². The van der Waals surface area contributed by atoms with Crippen molar-refractivity contribution in [2.24, 2.45) is 0 Å². The summed E-state index contributed by atoms with van der Waals surface area (Å²) in [6.07, 6.45) is 0. The van der Waals surface area contributed by atoms with Gasteiger partial charge in [0.15, 0.2) is 9.84 Å². The third kappa shape index (κ3) is 1.94. The molecule has 0 spiro atoms. The van der Waals surface area contributed by atoms with E-state index in [1.807, 2.05) is 18.9 Å². The summed E-state index contributed by atoms with van der Waals surface area (Å²) in [6, 6.07) is 0.0763. The molecule has 2 atom stereocenters. The van der Waals surface area contributed by atoms with Crippen molar-refractivity contribution in [3.63, 3.8) is 0 Å². The van der Waals surface area contributed by atoms with Crippen LogP contribution in [0.4, 0.5) is 0 Å². The Morgan fingerprint density at radius 1 is 1.50 bits per heavy atom. The molecule has 4 nitrogen and oxygen atoms in total. The fourth-order valence-corrected chi connectivity index (χ4v) is 3.56. The summed E-state index contributed by atoms with van der Waals surface area (Å²) in [4.78, 5) is 0. The highest BCUT2D eigenvalue weighted by atomic mass is 32.2. The van der Waals surface area contributed by atoms with Crippen molar-refractivity contribution >= 4 is 9.84 Å². The predicted octanol–water partition coefficient (Wildman–Crippen LogP) is 0.407. The molecule has 0 saturated carbocycles. The van der Waals surface area contributed by atoms with Crippen LogP contribution in [0.3, 0.4) is 0 Å². The average Bonchev–Trinajstić information content (AvgIpc) is 2.46. The monoisotopic (exact) mass is 220 g/mol. The van der Waals surface area contributed by atoms with Gasteiger partial charge in [0.25, 0.3) is 0 Å². The van der Waals surface area contributed by atoms with Crippen LogP contribution in [0.15, 0.2) is 0 Å². The third-order valence-corrected chi connectivity index (χ3v) is 5.66. The highest BCUT2D eigenvalue weighted by molar-refractivity contribution is 7.92. The number of sulfone groups is 1. The van der Waals surface area contributed by atoms with E-state index >= 15 is 0 Å². The standard InChI is InChI=1S/C9H20N2O2S/c1-5-11-8(4)9(6-10-11)14(12,13)7(2)3/h7-10H,5-6H2,1-4H3. The Balaban J connectivity index is 2.82. The van der Waals surface area contributed by atoms with Gasteiger partial charge in [0.2, 0.25) is 0 Å². The predicted molar refractivity (Wildman–Crippen MR) is 57.7 cm³/mol. The van der Waals surface area contributed by atoms with Crippen LogP contribution in [0.25, 0.3) is 0 Å². The van der Waals surface area contributed by atoms with Crippen LogP contribution in [0.1, 0.15) is 27.7 Å². The van der Waals surface area contributed by atoms with Crippen LogP contribution in [-0.2, 0) is 9.84 Å². The molecule has 0 aliphatic carbocycles. The van der Waals surface area contributed by atoms with E-state index in [0.717, 1.165) is 6.54 Å². The fraction of sp³-hybridized carbons (Fsp3) is 1.00. The first-order chi connectivity index (χ1) is 6.41. The van der Waals surface area contributed by atoms with Crippen molar-refractivity contribution in [2.45, 2.75) is 44.2 Å². The second kappa shape index (κ2) is 4.16. The summed E-state index contributed by atoms with van der Waals surface area (Å²) in [7, 11) is -2.97. The molecule has 1 heterocycles. The molecular formula is C9H20N2O2S. The molecule has 2 unspecified atom stereocenters. The van der Waals surface area contributed by atoms with E-state index in [2.05, 4.69) is 5.43 Å². The van der Waals surface area contributed by atoms with Crippen LogP contribution in [0, 0.1) is 0 Å². The van der Waals surface area contributed by atoms with E-state index in [0.29, 0.717) is 6.54 Å². The molecule has 0 aromatic heterocycles. The van der Waals surface area contributed by atoms with Crippen molar-refractivity contribution in [2.75, 3.05) is 13.1 Å². The zero-order chi connectivity index (χ0) is 10.9. The van der Waals surface area contributed by atoms with Gasteiger partial charge in [0.1, 0.15) is 0 Å². The molecule has 0 radical (unpaired) electrons. The van der Waals surface area contributed by atoms with Crippen molar-refractivity contribution in [1.29, 1.82) is 0 Å². The van der Waals surface area contributed by atoms with Crippen LogP contribution in [0.5, 0.6) is 0 Å². The van der Waals surface area contributed by atoms with Crippen molar-refractivity contribution in [1.82, 2.24) is 10.4 Å². The highest BCUT2D eigenvalue weighted by Gasteiger charge is 2.40. The summed E-state index contributed by atoms with van der Waals surface area (Å²) in [5.41, 5.74) is 3.12. The Bertz CT molecular complexity index is 287. The molecule has 0 aromatic carbocycles. The first-order valence-electron chi connectivity index (χ1n) is 5.14. The molecule has 1 saturated heterocycles. The van der Waals surface area contributed by atoms with E-state index in [9.17, 15) is 8.42 Å². The minimum absolute atomic E-state index is 0.0763. The van der Waals surface area contributed by atoms with E-state index in [-0.39, 0.29) is 16.5 Å². The number of rotatable bonds is 3. The number of hydrogen-bond acceptors (Lipinski definition) is 4. The SMILES string of the molecule is CCN1NCC(S(=O)(=O)C(C)C)C1C. The Morgan fingerprint density at radius 2 is 2.07 bits per heavy atom. The van der Waals surface area contributed by atoms with Gasteiger partial charge in [-0.2, -0.15) is 0 Å². The van der Waals surface area contributed by atoms with E-state index in [1.165, 1.54) is 0 Å². The van der Waals surface area contributed by atoms with Gasteiger partial charge < -0.3 is 0 Å². The molecule has 0 aromatic rings.